The molecule has 1 aliphatic rings. The van der Waals surface area contributed by atoms with Gasteiger partial charge in [0.15, 0.2) is 0 Å². The van der Waals surface area contributed by atoms with E-state index in [1.165, 1.54) is 19.3 Å². The summed E-state index contributed by atoms with van der Waals surface area (Å²) in [5.41, 5.74) is 0. The number of carbonyl (C=O) groups is 1. The molecular weight excluding hydrogens is 222 g/mol. The zero-order chi connectivity index (χ0) is 12.0. The summed E-state index contributed by atoms with van der Waals surface area (Å²) in [5, 5.41) is 4.11. The maximum absolute atomic E-state index is 11.7. The van der Waals surface area contributed by atoms with Crippen molar-refractivity contribution in [2.45, 2.75) is 56.9 Å². The Morgan fingerprint density at radius 2 is 2.25 bits per heavy atom. The van der Waals surface area contributed by atoms with Crippen LogP contribution in [0.5, 0.6) is 0 Å². The van der Waals surface area contributed by atoms with E-state index in [4.69, 9.17) is 4.74 Å². The van der Waals surface area contributed by atoms with Crippen LogP contribution in [0.15, 0.2) is 0 Å². The van der Waals surface area contributed by atoms with E-state index in [1.54, 1.807) is 0 Å². The van der Waals surface area contributed by atoms with Crippen molar-refractivity contribution in [2.75, 3.05) is 12.9 Å². The molecule has 3 unspecified atom stereocenters. The molecule has 0 spiro atoms. The van der Waals surface area contributed by atoms with Gasteiger partial charge in [-0.15, -0.1) is 0 Å². The number of hydrogen-bond donors (Lipinski definition) is 1. The second-order valence-electron chi connectivity index (χ2n) is 4.19. The molecule has 1 fully saturated rings. The molecule has 0 aromatic rings. The second kappa shape index (κ2) is 7.17. The van der Waals surface area contributed by atoms with Crippen LogP contribution in [0.25, 0.3) is 0 Å². The van der Waals surface area contributed by atoms with Gasteiger partial charge in [0, 0.05) is 11.3 Å². The Kier molecular flexibility index (Phi) is 6.21. The topological polar surface area (TPSA) is 38.3 Å². The lowest BCUT2D eigenvalue weighted by Crippen LogP contribution is -2.46. The van der Waals surface area contributed by atoms with Crippen LogP contribution >= 0.6 is 11.8 Å². The van der Waals surface area contributed by atoms with Crippen molar-refractivity contribution in [2.24, 2.45) is 0 Å². The monoisotopic (exact) mass is 245 g/mol. The number of carbonyl (C=O) groups excluding carboxylic acids is 1. The zero-order valence-electron chi connectivity index (χ0n) is 10.5. The first kappa shape index (κ1) is 13.8. The Hall–Kier alpha value is -0.220. The van der Waals surface area contributed by atoms with Gasteiger partial charge in [-0.3, -0.25) is 4.79 Å². The smallest absolute Gasteiger partial charge is 0.323 e. The Bertz CT molecular complexity index is 223. The number of thioether (sulfide) groups is 1. The molecule has 1 saturated carbocycles. The van der Waals surface area contributed by atoms with E-state index in [2.05, 4.69) is 11.6 Å². The molecule has 1 aliphatic carbocycles. The Balaban J connectivity index is 2.45. The van der Waals surface area contributed by atoms with Crippen molar-refractivity contribution in [3.05, 3.63) is 0 Å². The standard InChI is InChI=1S/C12H23NO2S/c1-4-9(12(14)15-5-2)13-10-7-6-8-11(10)16-3/h9-11,13H,4-8H2,1-3H3. The van der Waals surface area contributed by atoms with Crippen LogP contribution in [0.2, 0.25) is 0 Å². The number of ether oxygens (including phenoxy) is 1. The van der Waals surface area contributed by atoms with E-state index in [1.807, 2.05) is 25.6 Å². The minimum atomic E-state index is -0.127. The van der Waals surface area contributed by atoms with Gasteiger partial charge in [0.05, 0.1) is 6.61 Å². The van der Waals surface area contributed by atoms with Crippen LogP contribution in [-0.4, -0.2) is 36.2 Å². The summed E-state index contributed by atoms with van der Waals surface area (Å²) in [6.07, 6.45) is 6.66. The van der Waals surface area contributed by atoms with Gasteiger partial charge in [-0.25, -0.2) is 0 Å². The zero-order valence-corrected chi connectivity index (χ0v) is 11.3. The first-order valence-corrected chi connectivity index (χ1v) is 7.47. The lowest BCUT2D eigenvalue weighted by Gasteiger charge is -2.24. The third kappa shape index (κ3) is 3.67. The highest BCUT2D eigenvalue weighted by Crippen LogP contribution is 2.28. The van der Waals surface area contributed by atoms with Gasteiger partial charge < -0.3 is 10.1 Å². The fraction of sp³-hybridized carbons (Fsp3) is 0.917. The molecular formula is C12H23NO2S. The Labute approximate surface area is 103 Å². The van der Waals surface area contributed by atoms with Gasteiger partial charge >= 0.3 is 5.97 Å². The normalized spacial score (nSPS) is 26.7. The summed E-state index contributed by atoms with van der Waals surface area (Å²) < 4.78 is 5.07. The quantitative estimate of drug-likeness (QED) is 0.728. The highest BCUT2D eigenvalue weighted by atomic mass is 32.2. The molecule has 0 aliphatic heterocycles. The van der Waals surface area contributed by atoms with Crippen molar-refractivity contribution >= 4 is 17.7 Å². The van der Waals surface area contributed by atoms with Crippen molar-refractivity contribution in [3.63, 3.8) is 0 Å². The number of rotatable bonds is 6. The first-order valence-electron chi connectivity index (χ1n) is 6.18. The van der Waals surface area contributed by atoms with Gasteiger partial charge in [0.2, 0.25) is 0 Å². The molecule has 1 rings (SSSR count). The lowest BCUT2D eigenvalue weighted by molar-refractivity contribution is -0.145. The minimum absolute atomic E-state index is 0.100. The summed E-state index contributed by atoms with van der Waals surface area (Å²) >= 11 is 1.90. The van der Waals surface area contributed by atoms with Gasteiger partial charge in [-0.2, -0.15) is 11.8 Å². The molecule has 16 heavy (non-hydrogen) atoms. The Morgan fingerprint density at radius 1 is 1.50 bits per heavy atom. The SMILES string of the molecule is CCOC(=O)C(CC)NC1CCCC1SC. The fourth-order valence-electron chi connectivity index (χ4n) is 2.25. The predicted octanol–water partition coefficient (Wildman–Crippen LogP) is 2.20. The summed E-state index contributed by atoms with van der Waals surface area (Å²) in [5.74, 6) is -0.100. The maximum Gasteiger partial charge on any atom is 0.323 e. The van der Waals surface area contributed by atoms with E-state index < -0.39 is 0 Å². The largest absolute Gasteiger partial charge is 0.465 e. The predicted molar refractivity (Wildman–Crippen MR) is 68.8 cm³/mol. The molecule has 0 aromatic carbocycles. The highest BCUT2D eigenvalue weighted by Gasteiger charge is 2.30. The lowest BCUT2D eigenvalue weighted by atomic mass is 10.1. The molecule has 0 aromatic heterocycles. The molecule has 0 radical (unpaired) electrons. The van der Waals surface area contributed by atoms with E-state index >= 15 is 0 Å². The van der Waals surface area contributed by atoms with Crippen LogP contribution in [0, 0.1) is 0 Å². The molecule has 4 heteroatoms. The highest BCUT2D eigenvalue weighted by molar-refractivity contribution is 7.99. The van der Waals surface area contributed by atoms with Gasteiger partial charge in [0.25, 0.3) is 0 Å². The molecule has 3 atom stereocenters. The molecule has 94 valence electrons. The van der Waals surface area contributed by atoms with Crippen LogP contribution in [0.1, 0.15) is 39.5 Å². The van der Waals surface area contributed by atoms with E-state index in [9.17, 15) is 4.79 Å². The van der Waals surface area contributed by atoms with Crippen LogP contribution in [-0.2, 0) is 9.53 Å². The van der Waals surface area contributed by atoms with Gasteiger partial charge in [0.1, 0.15) is 6.04 Å². The molecule has 3 nitrogen and oxygen atoms in total. The summed E-state index contributed by atoms with van der Waals surface area (Å²) in [6.45, 7) is 4.34. The van der Waals surface area contributed by atoms with Crippen molar-refractivity contribution in [1.29, 1.82) is 0 Å². The van der Waals surface area contributed by atoms with Gasteiger partial charge in [-0.1, -0.05) is 13.3 Å². The Morgan fingerprint density at radius 3 is 2.81 bits per heavy atom. The van der Waals surface area contributed by atoms with Crippen LogP contribution < -0.4 is 5.32 Å². The first-order chi connectivity index (χ1) is 7.72. The maximum atomic E-state index is 11.7. The third-order valence-electron chi connectivity index (χ3n) is 3.15. The summed E-state index contributed by atoms with van der Waals surface area (Å²) in [4.78, 5) is 11.7. The van der Waals surface area contributed by atoms with Gasteiger partial charge in [-0.05, 0) is 32.4 Å². The van der Waals surface area contributed by atoms with Crippen molar-refractivity contribution in [1.82, 2.24) is 5.32 Å². The average molecular weight is 245 g/mol. The second-order valence-corrected chi connectivity index (χ2v) is 5.27. The number of nitrogens with one attached hydrogen (secondary N) is 1. The minimum Gasteiger partial charge on any atom is -0.465 e. The molecule has 1 N–H and O–H groups in total. The van der Waals surface area contributed by atoms with Crippen LogP contribution in [0.3, 0.4) is 0 Å². The molecule has 0 amide bonds. The van der Waals surface area contributed by atoms with Crippen molar-refractivity contribution < 1.29 is 9.53 Å². The number of hydrogen-bond acceptors (Lipinski definition) is 4. The van der Waals surface area contributed by atoms with E-state index in [-0.39, 0.29) is 12.0 Å². The fourth-order valence-corrected chi connectivity index (χ4v) is 3.20. The molecule has 0 bridgehead atoms. The molecule has 0 saturated heterocycles. The van der Waals surface area contributed by atoms with Crippen molar-refractivity contribution in [3.8, 4) is 0 Å². The van der Waals surface area contributed by atoms with Crippen LogP contribution in [0.4, 0.5) is 0 Å². The summed E-state index contributed by atoms with van der Waals surface area (Å²) in [7, 11) is 0. The average Bonchev–Trinajstić information content (AvgIpc) is 2.73. The molecule has 0 heterocycles. The van der Waals surface area contributed by atoms with E-state index in [0.29, 0.717) is 17.9 Å². The number of esters is 1. The van der Waals surface area contributed by atoms with E-state index in [0.717, 1.165) is 6.42 Å². The summed E-state index contributed by atoms with van der Waals surface area (Å²) in [6, 6.07) is 0.349. The third-order valence-corrected chi connectivity index (χ3v) is 4.32.